The van der Waals surface area contributed by atoms with Crippen molar-refractivity contribution in [1.82, 2.24) is 5.32 Å². The van der Waals surface area contributed by atoms with Crippen molar-refractivity contribution in [3.05, 3.63) is 35.9 Å². The van der Waals surface area contributed by atoms with E-state index in [1.165, 1.54) is 19.3 Å². The summed E-state index contributed by atoms with van der Waals surface area (Å²) in [6.07, 6.45) is 8.29. The van der Waals surface area contributed by atoms with Gasteiger partial charge in [0.1, 0.15) is 11.4 Å². The number of hydrogen-bond acceptors (Lipinski definition) is 3. The van der Waals surface area contributed by atoms with Gasteiger partial charge in [0.05, 0.1) is 6.61 Å². The van der Waals surface area contributed by atoms with Crippen molar-refractivity contribution in [2.75, 3.05) is 13.2 Å². The first-order chi connectivity index (χ1) is 11.4. The van der Waals surface area contributed by atoms with Crippen molar-refractivity contribution >= 4 is 12.2 Å². The molecule has 0 saturated heterocycles. The topological polar surface area (TPSA) is 47.6 Å². The molecule has 4 nitrogen and oxygen atoms in total. The number of ether oxygens (including phenoxy) is 2. The van der Waals surface area contributed by atoms with Gasteiger partial charge in [-0.3, -0.25) is 0 Å². The molecule has 1 aromatic rings. The van der Waals surface area contributed by atoms with E-state index in [9.17, 15) is 4.79 Å². The first-order valence-electron chi connectivity index (χ1n) is 8.77. The zero-order valence-corrected chi connectivity index (χ0v) is 15.4. The fourth-order valence-electron chi connectivity index (χ4n) is 2.05. The molecule has 0 saturated carbocycles. The van der Waals surface area contributed by atoms with Gasteiger partial charge in [-0.2, -0.15) is 0 Å². The molecule has 134 valence electrons. The second-order valence-corrected chi connectivity index (χ2v) is 6.76. The van der Waals surface area contributed by atoms with Crippen molar-refractivity contribution < 1.29 is 14.3 Å². The minimum absolute atomic E-state index is 0.404. The first kappa shape index (κ1) is 20.1. The van der Waals surface area contributed by atoms with E-state index in [1.807, 2.05) is 57.2 Å². The van der Waals surface area contributed by atoms with E-state index in [1.54, 1.807) is 0 Å². The van der Waals surface area contributed by atoms with Crippen LogP contribution in [0.25, 0.3) is 6.08 Å². The molecule has 0 fully saturated rings. The van der Waals surface area contributed by atoms with Crippen LogP contribution in [0.2, 0.25) is 0 Å². The number of benzene rings is 1. The van der Waals surface area contributed by atoms with Crippen LogP contribution in [-0.4, -0.2) is 24.8 Å². The summed E-state index contributed by atoms with van der Waals surface area (Å²) in [6.45, 7) is 8.94. The van der Waals surface area contributed by atoms with Gasteiger partial charge in [-0.15, -0.1) is 0 Å². The number of hydrogen-bond donors (Lipinski definition) is 1. The number of amides is 1. The lowest BCUT2D eigenvalue weighted by atomic mass is 10.2. The summed E-state index contributed by atoms with van der Waals surface area (Å²) in [5.41, 5.74) is 0.597. The Balaban J connectivity index is 2.27. The van der Waals surface area contributed by atoms with Crippen LogP contribution in [0.4, 0.5) is 4.79 Å². The van der Waals surface area contributed by atoms with E-state index in [0.29, 0.717) is 6.54 Å². The molecule has 24 heavy (non-hydrogen) atoms. The molecule has 0 aliphatic rings. The van der Waals surface area contributed by atoms with Gasteiger partial charge in [0, 0.05) is 6.54 Å². The fourth-order valence-corrected chi connectivity index (χ4v) is 2.05. The summed E-state index contributed by atoms with van der Waals surface area (Å²) in [5, 5.41) is 2.69. The zero-order chi connectivity index (χ0) is 17.8. The molecule has 0 aliphatic heterocycles. The van der Waals surface area contributed by atoms with Gasteiger partial charge < -0.3 is 14.8 Å². The third-order valence-electron chi connectivity index (χ3n) is 3.22. The summed E-state index contributed by atoms with van der Waals surface area (Å²) >= 11 is 0. The lowest BCUT2D eigenvalue weighted by Crippen LogP contribution is -2.32. The van der Waals surface area contributed by atoms with Crippen molar-refractivity contribution in [2.24, 2.45) is 0 Å². The molecule has 0 heterocycles. The number of unbranched alkanes of at least 4 members (excludes halogenated alkanes) is 3. The maximum absolute atomic E-state index is 11.5. The zero-order valence-electron chi connectivity index (χ0n) is 15.4. The molecular formula is C20H31NO3. The SMILES string of the molecule is CCCCCCOc1ccc(C=CCNC(=O)OC(C)(C)C)cc1. The predicted molar refractivity (Wildman–Crippen MR) is 99.3 cm³/mol. The van der Waals surface area contributed by atoms with Crippen LogP contribution in [-0.2, 0) is 4.74 Å². The molecule has 1 N–H and O–H groups in total. The van der Waals surface area contributed by atoms with E-state index in [4.69, 9.17) is 9.47 Å². The molecule has 0 radical (unpaired) electrons. The Morgan fingerprint density at radius 2 is 1.83 bits per heavy atom. The first-order valence-corrected chi connectivity index (χ1v) is 8.77. The Bertz CT molecular complexity index is 501. The Morgan fingerprint density at radius 3 is 2.46 bits per heavy atom. The van der Waals surface area contributed by atoms with Crippen molar-refractivity contribution in [1.29, 1.82) is 0 Å². The standard InChI is InChI=1S/C20H31NO3/c1-5-6-7-8-16-23-18-13-11-17(12-14-18)10-9-15-21-19(22)24-20(2,3)4/h9-14H,5-8,15-16H2,1-4H3,(H,21,22). The highest BCUT2D eigenvalue weighted by Crippen LogP contribution is 2.14. The Morgan fingerprint density at radius 1 is 1.12 bits per heavy atom. The molecule has 1 rings (SSSR count). The monoisotopic (exact) mass is 333 g/mol. The third kappa shape index (κ3) is 9.93. The quantitative estimate of drug-likeness (QED) is 0.633. The Kier molecular flexibility index (Phi) is 8.98. The molecule has 1 amide bonds. The molecule has 0 unspecified atom stereocenters. The number of rotatable bonds is 9. The average Bonchev–Trinajstić information content (AvgIpc) is 2.51. The third-order valence-corrected chi connectivity index (χ3v) is 3.22. The highest BCUT2D eigenvalue weighted by Gasteiger charge is 2.14. The van der Waals surface area contributed by atoms with Gasteiger partial charge in [0.2, 0.25) is 0 Å². The second-order valence-electron chi connectivity index (χ2n) is 6.76. The summed E-state index contributed by atoms with van der Waals surface area (Å²) in [4.78, 5) is 11.5. The van der Waals surface area contributed by atoms with E-state index < -0.39 is 11.7 Å². The van der Waals surface area contributed by atoms with Crippen molar-refractivity contribution in [3.8, 4) is 5.75 Å². The number of carbonyl (C=O) groups excluding carboxylic acids is 1. The van der Waals surface area contributed by atoms with Gasteiger partial charge >= 0.3 is 6.09 Å². The smallest absolute Gasteiger partial charge is 0.407 e. The van der Waals surface area contributed by atoms with Crippen molar-refractivity contribution in [2.45, 2.75) is 59.0 Å². The molecule has 0 bridgehead atoms. The Hall–Kier alpha value is -1.97. The summed E-state index contributed by atoms with van der Waals surface area (Å²) < 4.78 is 10.9. The van der Waals surface area contributed by atoms with Gasteiger partial charge in [-0.25, -0.2) is 4.79 Å². The van der Waals surface area contributed by atoms with Gasteiger partial charge in [-0.05, 0) is 44.9 Å². The molecule has 0 atom stereocenters. The minimum Gasteiger partial charge on any atom is -0.494 e. The minimum atomic E-state index is -0.472. The van der Waals surface area contributed by atoms with E-state index in [0.717, 1.165) is 24.3 Å². The van der Waals surface area contributed by atoms with Gasteiger partial charge in [0.25, 0.3) is 0 Å². The summed E-state index contributed by atoms with van der Waals surface area (Å²) in [5.74, 6) is 0.899. The molecule has 0 aliphatic carbocycles. The van der Waals surface area contributed by atoms with Crippen LogP contribution in [0.3, 0.4) is 0 Å². The number of alkyl carbamates (subject to hydrolysis) is 1. The lowest BCUT2D eigenvalue weighted by molar-refractivity contribution is 0.0534. The maximum Gasteiger partial charge on any atom is 0.407 e. The molecule has 0 aromatic heterocycles. The number of carbonyl (C=O) groups is 1. The summed E-state index contributed by atoms with van der Waals surface area (Å²) in [6, 6.07) is 7.96. The number of nitrogens with one attached hydrogen (secondary N) is 1. The second kappa shape index (κ2) is 10.7. The molecular weight excluding hydrogens is 302 g/mol. The van der Waals surface area contributed by atoms with Gasteiger partial charge in [-0.1, -0.05) is 50.5 Å². The van der Waals surface area contributed by atoms with Crippen LogP contribution in [0.5, 0.6) is 5.75 Å². The molecule has 1 aromatic carbocycles. The average molecular weight is 333 g/mol. The fraction of sp³-hybridized carbons (Fsp3) is 0.550. The van der Waals surface area contributed by atoms with Crippen LogP contribution in [0.1, 0.15) is 58.9 Å². The highest BCUT2D eigenvalue weighted by atomic mass is 16.6. The van der Waals surface area contributed by atoms with Crippen LogP contribution < -0.4 is 10.1 Å². The van der Waals surface area contributed by atoms with Crippen LogP contribution in [0, 0.1) is 0 Å². The van der Waals surface area contributed by atoms with Crippen molar-refractivity contribution in [3.63, 3.8) is 0 Å². The lowest BCUT2D eigenvalue weighted by Gasteiger charge is -2.19. The highest BCUT2D eigenvalue weighted by molar-refractivity contribution is 5.68. The Labute approximate surface area is 146 Å². The summed E-state index contributed by atoms with van der Waals surface area (Å²) in [7, 11) is 0. The largest absolute Gasteiger partial charge is 0.494 e. The van der Waals surface area contributed by atoms with Crippen LogP contribution in [0.15, 0.2) is 30.3 Å². The van der Waals surface area contributed by atoms with E-state index in [2.05, 4.69) is 12.2 Å². The molecule has 0 spiro atoms. The van der Waals surface area contributed by atoms with Gasteiger partial charge in [0.15, 0.2) is 0 Å². The molecule has 4 heteroatoms. The van der Waals surface area contributed by atoms with Crippen LogP contribution >= 0.6 is 0 Å². The maximum atomic E-state index is 11.5. The normalized spacial score (nSPS) is 11.5. The van der Waals surface area contributed by atoms with E-state index >= 15 is 0 Å². The van der Waals surface area contributed by atoms with E-state index in [-0.39, 0.29) is 0 Å². The predicted octanol–water partition coefficient (Wildman–Crippen LogP) is 5.18.